The zero-order chi connectivity index (χ0) is 14.7. The van der Waals surface area contributed by atoms with Crippen LogP contribution < -0.4 is 10.6 Å². The third-order valence-electron chi connectivity index (χ3n) is 2.96. The second-order valence-electron chi connectivity index (χ2n) is 4.73. The molecule has 6 nitrogen and oxygen atoms in total. The molecule has 0 atom stereocenters. The number of carbonyl (C=O) groups excluding carboxylic acids is 2. The predicted molar refractivity (Wildman–Crippen MR) is 77.0 cm³/mol. The summed E-state index contributed by atoms with van der Waals surface area (Å²) < 4.78 is 0. The molecule has 2 N–H and O–H groups in total. The number of carbonyl (C=O) groups is 2. The SMILES string of the molecule is CCNC(=O)CCN(C)CCN(C)CCC(=O)NC. The minimum absolute atomic E-state index is 0.0661. The summed E-state index contributed by atoms with van der Waals surface area (Å²) in [5, 5.41) is 5.39. The van der Waals surface area contributed by atoms with Crippen LogP contribution in [0.2, 0.25) is 0 Å². The highest BCUT2D eigenvalue weighted by Gasteiger charge is 2.06. The molecule has 0 rings (SSSR count). The maximum absolute atomic E-state index is 11.3. The van der Waals surface area contributed by atoms with Gasteiger partial charge in [0.2, 0.25) is 11.8 Å². The van der Waals surface area contributed by atoms with Crippen LogP contribution in [0.5, 0.6) is 0 Å². The number of amides is 2. The maximum atomic E-state index is 11.3. The lowest BCUT2D eigenvalue weighted by Crippen LogP contribution is -2.35. The summed E-state index contributed by atoms with van der Waals surface area (Å²) in [5.41, 5.74) is 0. The van der Waals surface area contributed by atoms with Gasteiger partial charge in [-0.3, -0.25) is 9.59 Å². The molecule has 2 amide bonds. The minimum atomic E-state index is 0.0661. The Morgan fingerprint density at radius 2 is 1.37 bits per heavy atom. The van der Waals surface area contributed by atoms with Gasteiger partial charge in [-0.2, -0.15) is 0 Å². The molecule has 19 heavy (non-hydrogen) atoms. The highest BCUT2D eigenvalue weighted by Crippen LogP contribution is 1.92. The molecule has 0 aromatic carbocycles. The molecule has 112 valence electrons. The van der Waals surface area contributed by atoms with Gasteiger partial charge in [0, 0.05) is 52.6 Å². The topological polar surface area (TPSA) is 64.7 Å². The minimum Gasteiger partial charge on any atom is -0.359 e. The normalized spacial score (nSPS) is 10.8. The van der Waals surface area contributed by atoms with Crippen molar-refractivity contribution in [2.45, 2.75) is 19.8 Å². The molecule has 0 bridgehead atoms. The van der Waals surface area contributed by atoms with E-state index in [-0.39, 0.29) is 11.8 Å². The van der Waals surface area contributed by atoms with Gasteiger partial charge in [-0.1, -0.05) is 0 Å². The molecule has 0 aliphatic carbocycles. The van der Waals surface area contributed by atoms with E-state index in [1.807, 2.05) is 21.0 Å². The molecule has 0 aliphatic rings. The van der Waals surface area contributed by atoms with Gasteiger partial charge in [-0.05, 0) is 21.0 Å². The van der Waals surface area contributed by atoms with E-state index in [0.717, 1.165) is 26.2 Å². The van der Waals surface area contributed by atoms with Gasteiger partial charge in [0.05, 0.1) is 0 Å². The number of rotatable bonds is 10. The number of nitrogens with zero attached hydrogens (tertiary/aromatic N) is 2. The average molecular weight is 272 g/mol. The van der Waals surface area contributed by atoms with E-state index in [2.05, 4.69) is 20.4 Å². The Morgan fingerprint density at radius 3 is 1.79 bits per heavy atom. The van der Waals surface area contributed by atoms with E-state index in [1.165, 1.54) is 0 Å². The van der Waals surface area contributed by atoms with Crippen LogP contribution in [0.1, 0.15) is 19.8 Å². The lowest BCUT2D eigenvalue weighted by Gasteiger charge is -2.21. The van der Waals surface area contributed by atoms with Gasteiger partial charge in [0.1, 0.15) is 0 Å². The van der Waals surface area contributed by atoms with Crippen LogP contribution in [0.4, 0.5) is 0 Å². The van der Waals surface area contributed by atoms with Crippen molar-refractivity contribution >= 4 is 11.8 Å². The molecule has 0 unspecified atom stereocenters. The highest BCUT2D eigenvalue weighted by molar-refractivity contribution is 5.76. The van der Waals surface area contributed by atoms with Crippen LogP contribution in [0.25, 0.3) is 0 Å². The highest BCUT2D eigenvalue weighted by atomic mass is 16.2. The number of nitrogens with one attached hydrogen (secondary N) is 2. The first-order valence-corrected chi connectivity index (χ1v) is 6.84. The van der Waals surface area contributed by atoms with E-state index in [0.29, 0.717) is 19.4 Å². The Balaban J connectivity index is 3.63. The Hall–Kier alpha value is -1.14. The fourth-order valence-corrected chi connectivity index (χ4v) is 1.56. The lowest BCUT2D eigenvalue weighted by atomic mass is 10.3. The van der Waals surface area contributed by atoms with Crippen LogP contribution in [0.3, 0.4) is 0 Å². The van der Waals surface area contributed by atoms with Crippen LogP contribution in [0, 0.1) is 0 Å². The Bertz CT molecular complexity index is 271. The molecular weight excluding hydrogens is 244 g/mol. The van der Waals surface area contributed by atoms with E-state index in [9.17, 15) is 9.59 Å². The van der Waals surface area contributed by atoms with Gasteiger partial charge < -0.3 is 20.4 Å². The molecular formula is C13H28N4O2. The number of likely N-dealkylation sites (N-methyl/N-ethyl adjacent to an activating group) is 2. The molecule has 0 saturated heterocycles. The number of hydrogen-bond donors (Lipinski definition) is 2. The third kappa shape index (κ3) is 10.5. The maximum Gasteiger partial charge on any atom is 0.221 e. The smallest absolute Gasteiger partial charge is 0.221 e. The van der Waals surface area contributed by atoms with Crippen LogP contribution >= 0.6 is 0 Å². The van der Waals surface area contributed by atoms with Crippen molar-refractivity contribution in [3.05, 3.63) is 0 Å². The summed E-state index contributed by atoms with van der Waals surface area (Å²) in [7, 11) is 5.66. The average Bonchev–Trinajstić information content (AvgIpc) is 2.40. The molecule has 0 fully saturated rings. The van der Waals surface area contributed by atoms with E-state index < -0.39 is 0 Å². The van der Waals surface area contributed by atoms with Crippen molar-refractivity contribution in [2.75, 3.05) is 53.9 Å². The quantitative estimate of drug-likeness (QED) is 0.563. The first-order chi connectivity index (χ1) is 8.99. The lowest BCUT2D eigenvalue weighted by molar-refractivity contribution is -0.122. The van der Waals surface area contributed by atoms with E-state index >= 15 is 0 Å². The fourth-order valence-electron chi connectivity index (χ4n) is 1.56. The van der Waals surface area contributed by atoms with Gasteiger partial charge in [-0.15, -0.1) is 0 Å². The zero-order valence-electron chi connectivity index (χ0n) is 12.7. The number of hydrogen-bond acceptors (Lipinski definition) is 4. The van der Waals surface area contributed by atoms with Crippen molar-refractivity contribution in [2.24, 2.45) is 0 Å². The molecule has 0 aromatic rings. The summed E-state index contributed by atoms with van der Waals surface area (Å²) in [5.74, 6) is 0.166. The van der Waals surface area contributed by atoms with Gasteiger partial charge in [-0.25, -0.2) is 0 Å². The molecule has 0 saturated carbocycles. The Morgan fingerprint density at radius 1 is 0.895 bits per heavy atom. The third-order valence-corrected chi connectivity index (χ3v) is 2.96. The zero-order valence-corrected chi connectivity index (χ0v) is 12.7. The molecule has 0 spiro atoms. The van der Waals surface area contributed by atoms with Crippen molar-refractivity contribution in [3.8, 4) is 0 Å². The summed E-state index contributed by atoms with van der Waals surface area (Å²) >= 11 is 0. The fraction of sp³-hybridized carbons (Fsp3) is 0.846. The standard InChI is InChI=1S/C13H28N4O2/c1-5-15-13(19)7-9-17(4)11-10-16(3)8-6-12(18)14-2/h5-11H2,1-4H3,(H,14,18)(H,15,19). The summed E-state index contributed by atoms with van der Waals surface area (Å²) in [4.78, 5) is 26.7. The molecule has 0 heterocycles. The van der Waals surface area contributed by atoms with Crippen molar-refractivity contribution in [1.29, 1.82) is 0 Å². The van der Waals surface area contributed by atoms with Crippen LogP contribution in [-0.4, -0.2) is 75.5 Å². The van der Waals surface area contributed by atoms with E-state index in [1.54, 1.807) is 7.05 Å². The first kappa shape index (κ1) is 17.9. The molecule has 6 heteroatoms. The Labute approximate surface area is 116 Å². The molecule has 0 aromatic heterocycles. The van der Waals surface area contributed by atoms with Crippen molar-refractivity contribution in [1.82, 2.24) is 20.4 Å². The van der Waals surface area contributed by atoms with Crippen LogP contribution in [0.15, 0.2) is 0 Å². The van der Waals surface area contributed by atoms with Crippen molar-refractivity contribution in [3.63, 3.8) is 0 Å². The summed E-state index contributed by atoms with van der Waals surface area (Å²) in [6, 6.07) is 0. The van der Waals surface area contributed by atoms with Crippen molar-refractivity contribution < 1.29 is 9.59 Å². The van der Waals surface area contributed by atoms with Crippen LogP contribution in [-0.2, 0) is 9.59 Å². The summed E-state index contributed by atoms with van der Waals surface area (Å²) in [6.45, 7) is 5.90. The predicted octanol–water partition coefficient (Wildman–Crippen LogP) is -0.488. The summed E-state index contributed by atoms with van der Waals surface area (Å²) in [6.07, 6.45) is 1.06. The largest absolute Gasteiger partial charge is 0.359 e. The van der Waals surface area contributed by atoms with Gasteiger partial charge in [0.15, 0.2) is 0 Å². The molecule has 0 aliphatic heterocycles. The molecule has 0 radical (unpaired) electrons. The second kappa shape index (κ2) is 10.8. The van der Waals surface area contributed by atoms with E-state index in [4.69, 9.17) is 0 Å². The first-order valence-electron chi connectivity index (χ1n) is 6.84. The monoisotopic (exact) mass is 272 g/mol. The van der Waals surface area contributed by atoms with Gasteiger partial charge >= 0.3 is 0 Å². The van der Waals surface area contributed by atoms with Gasteiger partial charge in [0.25, 0.3) is 0 Å². The Kier molecular flexibility index (Phi) is 10.1. The second-order valence-corrected chi connectivity index (χ2v) is 4.73.